The van der Waals surface area contributed by atoms with Gasteiger partial charge in [0.25, 0.3) is 0 Å². The van der Waals surface area contributed by atoms with Crippen molar-refractivity contribution < 1.29 is 14.1 Å². The molecule has 1 unspecified atom stereocenters. The van der Waals surface area contributed by atoms with Gasteiger partial charge in [0.05, 0.1) is 5.75 Å². The number of aromatic carboxylic acids is 1. The molecule has 0 radical (unpaired) electrons. The largest absolute Gasteiger partial charge is 0.477 e. The second kappa shape index (κ2) is 5.93. The molecule has 18 heavy (non-hydrogen) atoms. The molecule has 0 saturated heterocycles. The van der Waals surface area contributed by atoms with Crippen LogP contribution in [0.5, 0.6) is 0 Å². The normalized spacial score (nSPS) is 12.2. The van der Waals surface area contributed by atoms with Gasteiger partial charge in [0.15, 0.2) is 0 Å². The average Bonchev–Trinajstić information content (AvgIpc) is 2.78. The van der Waals surface area contributed by atoms with E-state index in [2.05, 4.69) is 0 Å². The minimum Gasteiger partial charge on any atom is -0.477 e. The summed E-state index contributed by atoms with van der Waals surface area (Å²) in [6.07, 6.45) is 0. The Kier molecular flexibility index (Phi) is 4.28. The average molecular weight is 280 g/mol. The number of carboxylic acid groups (broad SMARTS) is 1. The van der Waals surface area contributed by atoms with Crippen LogP contribution in [0.15, 0.2) is 42.5 Å². The molecule has 0 bridgehead atoms. The molecule has 0 aliphatic carbocycles. The van der Waals surface area contributed by atoms with Crippen LogP contribution in [0.1, 0.15) is 20.1 Å². The SMILES string of the molecule is O=C(O)c1ccc(CS(=O)Cc2ccccc2)s1. The van der Waals surface area contributed by atoms with Crippen molar-refractivity contribution in [2.45, 2.75) is 11.5 Å². The molecule has 0 fully saturated rings. The smallest absolute Gasteiger partial charge is 0.345 e. The molecule has 94 valence electrons. The highest BCUT2D eigenvalue weighted by Gasteiger charge is 2.09. The quantitative estimate of drug-likeness (QED) is 0.916. The number of thiophene rings is 1. The van der Waals surface area contributed by atoms with E-state index < -0.39 is 16.8 Å². The van der Waals surface area contributed by atoms with Crippen LogP contribution in [-0.2, 0) is 22.3 Å². The van der Waals surface area contributed by atoms with Crippen molar-refractivity contribution in [2.75, 3.05) is 0 Å². The summed E-state index contributed by atoms with van der Waals surface area (Å²) < 4.78 is 11.9. The van der Waals surface area contributed by atoms with Gasteiger partial charge in [0, 0.05) is 21.4 Å². The van der Waals surface area contributed by atoms with Crippen molar-refractivity contribution in [3.05, 3.63) is 57.8 Å². The van der Waals surface area contributed by atoms with Crippen molar-refractivity contribution in [1.82, 2.24) is 0 Å². The Balaban J connectivity index is 1.97. The fraction of sp³-hybridized carbons (Fsp3) is 0.154. The first-order valence-corrected chi connectivity index (χ1v) is 7.66. The lowest BCUT2D eigenvalue weighted by Crippen LogP contribution is -1.97. The second-order valence-corrected chi connectivity index (χ2v) is 6.41. The van der Waals surface area contributed by atoms with Crippen LogP contribution in [0.2, 0.25) is 0 Å². The molecule has 0 saturated carbocycles. The third-order valence-corrected chi connectivity index (χ3v) is 4.89. The Morgan fingerprint density at radius 2 is 1.83 bits per heavy atom. The maximum atomic E-state index is 11.9. The Bertz CT molecular complexity index is 561. The van der Waals surface area contributed by atoms with Gasteiger partial charge < -0.3 is 5.11 Å². The van der Waals surface area contributed by atoms with Crippen molar-refractivity contribution in [3.8, 4) is 0 Å². The fourth-order valence-corrected chi connectivity index (χ4v) is 3.89. The summed E-state index contributed by atoms with van der Waals surface area (Å²) in [7, 11) is -1.00. The first-order chi connectivity index (χ1) is 8.65. The van der Waals surface area contributed by atoms with Gasteiger partial charge in [-0.2, -0.15) is 0 Å². The van der Waals surface area contributed by atoms with Crippen LogP contribution in [-0.4, -0.2) is 15.3 Å². The van der Waals surface area contributed by atoms with E-state index in [1.165, 1.54) is 11.3 Å². The van der Waals surface area contributed by atoms with Crippen LogP contribution < -0.4 is 0 Å². The maximum Gasteiger partial charge on any atom is 0.345 e. The topological polar surface area (TPSA) is 54.4 Å². The zero-order valence-corrected chi connectivity index (χ0v) is 11.2. The van der Waals surface area contributed by atoms with Crippen LogP contribution >= 0.6 is 11.3 Å². The summed E-state index contributed by atoms with van der Waals surface area (Å²) in [5.41, 5.74) is 1.03. The third kappa shape index (κ3) is 3.51. The van der Waals surface area contributed by atoms with E-state index in [1.54, 1.807) is 12.1 Å². The lowest BCUT2D eigenvalue weighted by molar-refractivity contribution is 0.0702. The van der Waals surface area contributed by atoms with E-state index in [0.29, 0.717) is 16.4 Å². The lowest BCUT2D eigenvalue weighted by Gasteiger charge is -2.00. The molecule has 1 aromatic carbocycles. The van der Waals surface area contributed by atoms with Gasteiger partial charge in [0.1, 0.15) is 4.88 Å². The molecule has 1 N–H and O–H groups in total. The minimum atomic E-state index is -1.00. The van der Waals surface area contributed by atoms with Crippen molar-refractivity contribution in [1.29, 1.82) is 0 Å². The Morgan fingerprint density at radius 1 is 1.11 bits per heavy atom. The molecule has 0 aliphatic heterocycles. The molecule has 1 atom stereocenters. The van der Waals surface area contributed by atoms with Gasteiger partial charge >= 0.3 is 5.97 Å². The highest BCUT2D eigenvalue weighted by molar-refractivity contribution is 7.83. The van der Waals surface area contributed by atoms with Crippen molar-refractivity contribution in [2.24, 2.45) is 0 Å². The molecule has 3 nitrogen and oxygen atoms in total. The Labute approximate surface area is 112 Å². The highest BCUT2D eigenvalue weighted by Crippen LogP contribution is 2.19. The van der Waals surface area contributed by atoms with E-state index >= 15 is 0 Å². The van der Waals surface area contributed by atoms with Crippen LogP contribution in [0.3, 0.4) is 0 Å². The van der Waals surface area contributed by atoms with E-state index in [4.69, 9.17) is 5.11 Å². The molecule has 0 amide bonds. The maximum absolute atomic E-state index is 11.9. The number of carbonyl (C=O) groups is 1. The zero-order chi connectivity index (χ0) is 13.0. The van der Waals surface area contributed by atoms with Gasteiger partial charge in [0.2, 0.25) is 0 Å². The van der Waals surface area contributed by atoms with E-state index in [9.17, 15) is 9.00 Å². The molecular weight excluding hydrogens is 268 g/mol. The molecule has 0 aliphatic rings. The molecular formula is C13H12O3S2. The summed E-state index contributed by atoms with van der Waals surface area (Å²) in [4.78, 5) is 11.9. The van der Waals surface area contributed by atoms with Crippen molar-refractivity contribution >= 4 is 28.1 Å². The number of hydrogen-bond acceptors (Lipinski definition) is 3. The van der Waals surface area contributed by atoms with Crippen LogP contribution in [0, 0.1) is 0 Å². The third-order valence-electron chi connectivity index (χ3n) is 2.35. The number of rotatable bonds is 5. The van der Waals surface area contributed by atoms with Crippen molar-refractivity contribution in [3.63, 3.8) is 0 Å². The lowest BCUT2D eigenvalue weighted by atomic mass is 10.2. The van der Waals surface area contributed by atoms with Gasteiger partial charge in [-0.05, 0) is 17.7 Å². The highest BCUT2D eigenvalue weighted by atomic mass is 32.2. The predicted molar refractivity (Wildman–Crippen MR) is 73.3 cm³/mol. The first-order valence-electron chi connectivity index (χ1n) is 5.36. The van der Waals surface area contributed by atoms with E-state index in [0.717, 1.165) is 10.4 Å². The van der Waals surface area contributed by atoms with Gasteiger partial charge in [-0.15, -0.1) is 11.3 Å². The van der Waals surface area contributed by atoms with E-state index in [1.807, 2.05) is 30.3 Å². The monoisotopic (exact) mass is 280 g/mol. The summed E-state index contributed by atoms with van der Waals surface area (Å²) in [6.45, 7) is 0. The first kappa shape index (κ1) is 13.0. The molecule has 1 aromatic heterocycles. The number of benzene rings is 1. The number of carboxylic acids is 1. The minimum absolute atomic E-state index is 0.293. The van der Waals surface area contributed by atoms with Crippen LogP contribution in [0.25, 0.3) is 0 Å². The summed E-state index contributed by atoms with van der Waals surface area (Å²) in [5.74, 6) is -0.0198. The van der Waals surface area contributed by atoms with Gasteiger partial charge in [-0.3, -0.25) is 4.21 Å². The Hall–Kier alpha value is -1.46. The van der Waals surface area contributed by atoms with Gasteiger partial charge in [-0.25, -0.2) is 4.79 Å². The molecule has 0 spiro atoms. The molecule has 5 heteroatoms. The second-order valence-electron chi connectivity index (χ2n) is 3.79. The summed E-state index contributed by atoms with van der Waals surface area (Å²) in [5, 5.41) is 8.80. The predicted octanol–water partition coefficient (Wildman–Crippen LogP) is 2.90. The molecule has 1 heterocycles. The standard InChI is InChI=1S/C13H12O3S2/c14-13(15)12-7-6-11(17-12)9-18(16)8-10-4-2-1-3-5-10/h1-7H,8-9H2,(H,14,15). The van der Waals surface area contributed by atoms with Crippen LogP contribution in [0.4, 0.5) is 0 Å². The Morgan fingerprint density at radius 3 is 2.44 bits per heavy atom. The number of hydrogen-bond donors (Lipinski definition) is 1. The van der Waals surface area contributed by atoms with Gasteiger partial charge in [-0.1, -0.05) is 30.3 Å². The molecule has 2 aromatic rings. The fourth-order valence-electron chi connectivity index (χ4n) is 1.54. The molecule has 2 rings (SSSR count). The summed E-state index contributed by atoms with van der Waals surface area (Å²) >= 11 is 1.19. The van der Waals surface area contributed by atoms with E-state index in [-0.39, 0.29) is 0 Å². The zero-order valence-electron chi connectivity index (χ0n) is 9.54. The summed E-state index contributed by atoms with van der Waals surface area (Å²) in [6, 6.07) is 12.9.